The van der Waals surface area contributed by atoms with Gasteiger partial charge in [-0.25, -0.2) is 0 Å². The molecule has 0 aliphatic heterocycles. The summed E-state index contributed by atoms with van der Waals surface area (Å²) in [5.41, 5.74) is 5.20. The highest BCUT2D eigenvalue weighted by molar-refractivity contribution is 6.06. The number of carbonyl (C=O) groups excluding carboxylic acids is 1. The first kappa shape index (κ1) is 23.9. The van der Waals surface area contributed by atoms with Crippen molar-refractivity contribution in [2.75, 3.05) is 6.54 Å². The molecule has 1 saturated carbocycles. The maximum Gasteiger partial charge on any atom is 0.306 e. The Morgan fingerprint density at radius 2 is 1.56 bits per heavy atom. The number of carboxylic acid groups (broad SMARTS) is 1. The number of aliphatic carboxylic acids is 1. The van der Waals surface area contributed by atoms with Crippen LogP contribution in [0.2, 0.25) is 0 Å². The van der Waals surface area contributed by atoms with Gasteiger partial charge in [-0.1, -0.05) is 66.7 Å². The first-order valence-corrected chi connectivity index (χ1v) is 12.8. The molecular weight excluding hydrogens is 448 g/mol. The fraction of sp³-hybridized carbons (Fsp3) is 0.290. The van der Waals surface area contributed by atoms with Gasteiger partial charge in [-0.15, -0.1) is 0 Å². The van der Waals surface area contributed by atoms with Crippen molar-refractivity contribution in [3.63, 3.8) is 0 Å². The molecule has 36 heavy (non-hydrogen) atoms. The van der Waals surface area contributed by atoms with Crippen LogP contribution in [-0.2, 0) is 11.3 Å². The van der Waals surface area contributed by atoms with Crippen LogP contribution in [0.15, 0.2) is 85.1 Å². The maximum atomic E-state index is 13.1. The van der Waals surface area contributed by atoms with Crippen LogP contribution in [0.5, 0.6) is 0 Å². The summed E-state index contributed by atoms with van der Waals surface area (Å²) < 4.78 is 2.15. The summed E-state index contributed by atoms with van der Waals surface area (Å²) in [5.74, 6) is -0.445. The number of amides is 1. The average molecular weight is 481 g/mol. The van der Waals surface area contributed by atoms with E-state index >= 15 is 0 Å². The normalized spacial score (nSPS) is 17.7. The fourth-order valence-corrected chi connectivity index (χ4v) is 5.39. The summed E-state index contributed by atoms with van der Waals surface area (Å²) in [6, 6.07) is 26.9. The number of fused-ring (bicyclic) bond motifs is 1. The van der Waals surface area contributed by atoms with Crippen molar-refractivity contribution in [3.8, 4) is 11.1 Å². The second kappa shape index (κ2) is 10.8. The second-order valence-corrected chi connectivity index (χ2v) is 9.85. The Kier molecular flexibility index (Phi) is 7.17. The van der Waals surface area contributed by atoms with Gasteiger partial charge in [0.2, 0.25) is 0 Å². The van der Waals surface area contributed by atoms with Gasteiger partial charge >= 0.3 is 5.97 Å². The van der Waals surface area contributed by atoms with Crippen LogP contribution in [0, 0.1) is 11.8 Å². The highest BCUT2D eigenvalue weighted by Crippen LogP contribution is 2.31. The van der Waals surface area contributed by atoms with E-state index in [4.69, 9.17) is 0 Å². The lowest BCUT2D eigenvalue weighted by atomic mass is 9.80. The molecule has 0 unspecified atom stereocenters. The Morgan fingerprint density at radius 1 is 0.833 bits per heavy atom. The quantitative estimate of drug-likeness (QED) is 0.308. The number of carboxylic acids is 1. The molecule has 5 rings (SSSR count). The standard InChI is InChI=1S/C31H32N2O3/c34-30(32-19-17-22-9-15-27(16-10-22)31(35)36)28-8-4-7-26-18-20-33(29(26)28)21-23-11-13-25(14-12-23)24-5-2-1-3-6-24/h1-8,11-14,18,20,22,27H,9-10,15-17,19,21H2,(H,32,34)(H,35,36). The van der Waals surface area contributed by atoms with Crippen molar-refractivity contribution < 1.29 is 14.7 Å². The highest BCUT2D eigenvalue weighted by Gasteiger charge is 2.25. The Labute approximate surface area is 211 Å². The summed E-state index contributed by atoms with van der Waals surface area (Å²) in [7, 11) is 0. The lowest BCUT2D eigenvalue weighted by Gasteiger charge is -2.26. The van der Waals surface area contributed by atoms with E-state index in [0.29, 0.717) is 24.6 Å². The molecule has 0 radical (unpaired) electrons. The first-order valence-electron chi connectivity index (χ1n) is 12.8. The number of hydrogen-bond donors (Lipinski definition) is 2. The number of hydrogen-bond acceptors (Lipinski definition) is 2. The fourth-order valence-electron chi connectivity index (χ4n) is 5.39. The van der Waals surface area contributed by atoms with Crippen molar-refractivity contribution in [1.29, 1.82) is 0 Å². The molecule has 0 spiro atoms. The minimum Gasteiger partial charge on any atom is -0.481 e. The second-order valence-electron chi connectivity index (χ2n) is 9.85. The van der Waals surface area contributed by atoms with Crippen LogP contribution in [0.3, 0.4) is 0 Å². The summed E-state index contributed by atoms with van der Waals surface area (Å²) in [6.45, 7) is 1.30. The van der Waals surface area contributed by atoms with Gasteiger partial charge in [0, 0.05) is 24.7 Å². The topological polar surface area (TPSA) is 71.3 Å². The van der Waals surface area contributed by atoms with E-state index in [1.165, 1.54) is 16.7 Å². The minimum absolute atomic E-state index is 0.0563. The number of aromatic nitrogens is 1. The first-order chi connectivity index (χ1) is 17.6. The van der Waals surface area contributed by atoms with Gasteiger partial charge < -0.3 is 15.0 Å². The molecular formula is C31H32N2O3. The maximum absolute atomic E-state index is 13.1. The van der Waals surface area contributed by atoms with Gasteiger partial charge in [-0.2, -0.15) is 0 Å². The van der Waals surface area contributed by atoms with Crippen molar-refractivity contribution in [2.24, 2.45) is 11.8 Å². The van der Waals surface area contributed by atoms with E-state index in [1.807, 2.05) is 42.6 Å². The number of nitrogens with one attached hydrogen (secondary N) is 1. The van der Waals surface area contributed by atoms with E-state index < -0.39 is 5.97 Å². The lowest BCUT2D eigenvalue weighted by Crippen LogP contribution is -2.28. The van der Waals surface area contributed by atoms with E-state index in [9.17, 15) is 14.7 Å². The largest absolute Gasteiger partial charge is 0.481 e. The molecule has 1 fully saturated rings. The van der Waals surface area contributed by atoms with Crippen LogP contribution in [0.4, 0.5) is 0 Å². The average Bonchev–Trinajstić information content (AvgIpc) is 3.32. The van der Waals surface area contributed by atoms with Crippen molar-refractivity contribution >= 4 is 22.8 Å². The van der Waals surface area contributed by atoms with Gasteiger partial charge in [0.05, 0.1) is 17.0 Å². The molecule has 0 bridgehead atoms. The van der Waals surface area contributed by atoms with Crippen molar-refractivity contribution in [3.05, 3.63) is 96.2 Å². The molecule has 0 saturated heterocycles. The van der Waals surface area contributed by atoms with Crippen molar-refractivity contribution in [1.82, 2.24) is 9.88 Å². The molecule has 4 aromatic rings. The molecule has 3 aromatic carbocycles. The molecule has 1 aliphatic rings. The third-order valence-corrected chi connectivity index (χ3v) is 7.48. The van der Waals surface area contributed by atoms with E-state index in [-0.39, 0.29) is 11.8 Å². The van der Waals surface area contributed by atoms with Crippen LogP contribution in [0.1, 0.15) is 48.0 Å². The number of nitrogens with zero attached hydrogens (tertiary/aromatic N) is 1. The summed E-state index contributed by atoms with van der Waals surface area (Å²) in [5, 5.41) is 13.3. The Bertz CT molecular complexity index is 1330. The van der Waals surface area contributed by atoms with Crippen LogP contribution < -0.4 is 5.32 Å². The zero-order valence-electron chi connectivity index (χ0n) is 20.4. The van der Waals surface area contributed by atoms with Crippen molar-refractivity contribution in [2.45, 2.75) is 38.6 Å². The minimum atomic E-state index is -0.676. The zero-order chi connectivity index (χ0) is 24.9. The smallest absolute Gasteiger partial charge is 0.306 e. The molecule has 184 valence electrons. The predicted molar refractivity (Wildman–Crippen MR) is 143 cm³/mol. The molecule has 1 aromatic heterocycles. The number of carbonyl (C=O) groups is 2. The van der Waals surface area contributed by atoms with Gasteiger partial charge in [0.1, 0.15) is 0 Å². The van der Waals surface area contributed by atoms with Crippen LogP contribution in [0.25, 0.3) is 22.0 Å². The summed E-state index contributed by atoms with van der Waals surface area (Å²) >= 11 is 0. The SMILES string of the molecule is O=C(NCCC1CCC(C(=O)O)CC1)c1cccc2ccn(Cc3ccc(-c4ccccc4)cc3)c12. The summed E-state index contributed by atoms with van der Waals surface area (Å²) in [6.07, 6.45) is 6.28. The zero-order valence-corrected chi connectivity index (χ0v) is 20.4. The molecule has 2 N–H and O–H groups in total. The van der Waals surface area contributed by atoms with E-state index in [0.717, 1.165) is 43.0 Å². The third kappa shape index (κ3) is 5.35. The molecule has 5 heteroatoms. The third-order valence-electron chi connectivity index (χ3n) is 7.48. The van der Waals surface area contributed by atoms with Gasteiger partial charge in [-0.3, -0.25) is 9.59 Å². The Balaban J connectivity index is 1.24. The van der Waals surface area contributed by atoms with Gasteiger partial charge in [0.25, 0.3) is 5.91 Å². The monoisotopic (exact) mass is 480 g/mol. The highest BCUT2D eigenvalue weighted by atomic mass is 16.4. The number of rotatable bonds is 8. The summed E-state index contributed by atoms with van der Waals surface area (Å²) in [4.78, 5) is 24.3. The molecule has 1 aliphatic carbocycles. The predicted octanol–water partition coefficient (Wildman–Crippen LogP) is 6.37. The molecule has 0 atom stereocenters. The van der Waals surface area contributed by atoms with E-state index in [2.05, 4.69) is 52.3 Å². The number of para-hydroxylation sites is 1. The Hall–Kier alpha value is -3.86. The van der Waals surface area contributed by atoms with Gasteiger partial charge in [0.15, 0.2) is 0 Å². The van der Waals surface area contributed by atoms with E-state index in [1.54, 1.807) is 0 Å². The lowest BCUT2D eigenvalue weighted by molar-refractivity contribution is -0.143. The molecule has 1 amide bonds. The molecule has 1 heterocycles. The Morgan fingerprint density at radius 3 is 2.28 bits per heavy atom. The van der Waals surface area contributed by atoms with Crippen LogP contribution >= 0.6 is 0 Å². The van der Waals surface area contributed by atoms with Gasteiger partial charge in [-0.05, 0) is 66.8 Å². The van der Waals surface area contributed by atoms with Crippen LogP contribution in [-0.4, -0.2) is 28.1 Å². The number of benzene rings is 3. The molecule has 5 nitrogen and oxygen atoms in total.